The normalized spacial score (nSPS) is 11.2. The fourth-order valence-electron chi connectivity index (χ4n) is 2.03. The van der Waals surface area contributed by atoms with Gasteiger partial charge in [-0.05, 0) is 30.0 Å². The number of hydrogen-bond acceptors (Lipinski definition) is 3. The number of aryl methyl sites for hydroxylation is 1. The molecule has 0 saturated heterocycles. The molecule has 20 heavy (non-hydrogen) atoms. The quantitative estimate of drug-likeness (QED) is 0.710. The molecule has 3 nitrogen and oxygen atoms in total. The number of rotatable bonds is 2. The van der Waals surface area contributed by atoms with Crippen molar-refractivity contribution in [1.29, 1.82) is 0 Å². The van der Waals surface area contributed by atoms with Gasteiger partial charge < -0.3 is 0 Å². The lowest BCUT2D eigenvalue weighted by atomic mass is 10.2. The smallest absolute Gasteiger partial charge is 0.271 e. The molecular weight excluding hydrogens is 315 g/mol. The molecule has 0 saturated carbocycles. The van der Waals surface area contributed by atoms with E-state index in [1.807, 2.05) is 12.3 Å². The summed E-state index contributed by atoms with van der Waals surface area (Å²) in [6, 6.07) is 5.30. The molecule has 0 radical (unpaired) electrons. The Balaban J connectivity index is 2.12. The second-order valence-corrected chi connectivity index (χ2v) is 6.17. The van der Waals surface area contributed by atoms with Crippen LogP contribution in [-0.2, 0) is 6.54 Å². The number of aromatic nitrogens is 2. The summed E-state index contributed by atoms with van der Waals surface area (Å²) in [4.78, 5) is 16.8. The highest BCUT2D eigenvalue weighted by Crippen LogP contribution is 2.25. The Labute approximate surface area is 129 Å². The van der Waals surface area contributed by atoms with Crippen LogP contribution in [0.4, 0.5) is 0 Å². The predicted octanol–water partition coefficient (Wildman–Crippen LogP) is 4.12. The zero-order valence-electron chi connectivity index (χ0n) is 10.6. The van der Waals surface area contributed by atoms with E-state index >= 15 is 0 Å². The van der Waals surface area contributed by atoms with Gasteiger partial charge in [0, 0.05) is 15.6 Å². The van der Waals surface area contributed by atoms with Gasteiger partial charge >= 0.3 is 0 Å². The van der Waals surface area contributed by atoms with Crippen molar-refractivity contribution in [3.05, 3.63) is 61.4 Å². The van der Waals surface area contributed by atoms with Crippen LogP contribution in [0.3, 0.4) is 0 Å². The van der Waals surface area contributed by atoms with Crippen LogP contribution in [0.25, 0.3) is 10.2 Å². The molecule has 2 aromatic heterocycles. The van der Waals surface area contributed by atoms with Gasteiger partial charge in [-0.2, -0.15) is 0 Å². The summed E-state index contributed by atoms with van der Waals surface area (Å²) in [5, 5.41) is 3.03. The third kappa shape index (κ3) is 2.24. The number of thiophene rings is 1. The number of fused-ring (bicyclic) bond motifs is 1. The molecule has 0 atom stereocenters. The van der Waals surface area contributed by atoms with Crippen LogP contribution in [0.1, 0.15) is 11.1 Å². The molecule has 2 heterocycles. The minimum absolute atomic E-state index is 0.0657. The van der Waals surface area contributed by atoms with Gasteiger partial charge in [-0.1, -0.05) is 29.3 Å². The van der Waals surface area contributed by atoms with Crippen LogP contribution < -0.4 is 5.56 Å². The van der Waals surface area contributed by atoms with Crippen LogP contribution in [0.15, 0.2) is 34.7 Å². The average molecular weight is 325 g/mol. The Morgan fingerprint density at radius 2 is 2.00 bits per heavy atom. The molecule has 0 bridgehead atoms. The molecule has 0 aliphatic carbocycles. The molecule has 102 valence electrons. The lowest BCUT2D eigenvalue weighted by Crippen LogP contribution is -2.20. The maximum atomic E-state index is 12.4. The Hall–Kier alpha value is -1.36. The Kier molecular flexibility index (Phi) is 3.54. The molecule has 0 unspecified atom stereocenters. The van der Waals surface area contributed by atoms with E-state index < -0.39 is 0 Å². The number of halogens is 2. The van der Waals surface area contributed by atoms with Gasteiger partial charge in [0.15, 0.2) is 0 Å². The van der Waals surface area contributed by atoms with Crippen LogP contribution in [0, 0.1) is 6.92 Å². The number of benzene rings is 1. The van der Waals surface area contributed by atoms with Gasteiger partial charge in [0.05, 0.1) is 18.4 Å². The minimum Gasteiger partial charge on any atom is -0.293 e. The first-order chi connectivity index (χ1) is 9.58. The number of hydrogen-bond donors (Lipinski definition) is 0. The Morgan fingerprint density at radius 3 is 2.70 bits per heavy atom. The zero-order chi connectivity index (χ0) is 14.3. The average Bonchev–Trinajstić information content (AvgIpc) is 2.79. The van der Waals surface area contributed by atoms with E-state index in [9.17, 15) is 4.79 Å². The van der Waals surface area contributed by atoms with Crippen molar-refractivity contribution in [1.82, 2.24) is 9.55 Å². The van der Waals surface area contributed by atoms with Crippen LogP contribution in [-0.4, -0.2) is 9.55 Å². The lowest BCUT2D eigenvalue weighted by Gasteiger charge is -2.09. The molecule has 0 amide bonds. The highest BCUT2D eigenvalue weighted by atomic mass is 35.5. The maximum Gasteiger partial charge on any atom is 0.271 e. The molecule has 0 spiro atoms. The monoisotopic (exact) mass is 324 g/mol. The largest absolute Gasteiger partial charge is 0.293 e. The fourth-order valence-corrected chi connectivity index (χ4v) is 3.49. The van der Waals surface area contributed by atoms with Crippen molar-refractivity contribution in [2.75, 3.05) is 0 Å². The highest BCUT2D eigenvalue weighted by molar-refractivity contribution is 7.17. The number of nitrogens with zero attached hydrogens (tertiary/aromatic N) is 2. The Morgan fingerprint density at radius 1 is 1.30 bits per heavy atom. The fraction of sp³-hybridized carbons (Fsp3) is 0.143. The van der Waals surface area contributed by atoms with Crippen LogP contribution in [0.2, 0.25) is 10.0 Å². The Bertz CT molecular complexity index is 834. The summed E-state index contributed by atoms with van der Waals surface area (Å²) in [6.45, 7) is 2.26. The van der Waals surface area contributed by atoms with Gasteiger partial charge in [0.25, 0.3) is 5.56 Å². The molecule has 1 aromatic carbocycles. The molecule has 0 N–H and O–H groups in total. The summed E-state index contributed by atoms with van der Waals surface area (Å²) < 4.78 is 2.19. The van der Waals surface area contributed by atoms with Crippen LogP contribution >= 0.6 is 34.5 Å². The summed E-state index contributed by atoms with van der Waals surface area (Å²) in [6.07, 6.45) is 1.55. The molecular formula is C14H10Cl2N2OS. The van der Waals surface area contributed by atoms with E-state index in [-0.39, 0.29) is 5.56 Å². The van der Waals surface area contributed by atoms with Gasteiger partial charge in [-0.15, -0.1) is 11.3 Å². The zero-order valence-corrected chi connectivity index (χ0v) is 12.9. The van der Waals surface area contributed by atoms with E-state index in [1.54, 1.807) is 24.5 Å². The van der Waals surface area contributed by atoms with Crippen molar-refractivity contribution >= 4 is 44.8 Å². The standard InChI is InChI=1S/C14H10Cl2N2OS/c1-8-6-20-13-12(8)17-7-18(14(13)19)5-9-10(15)3-2-4-11(9)16/h2-4,6-7H,5H2,1H3. The van der Waals surface area contributed by atoms with Gasteiger partial charge in [0.2, 0.25) is 0 Å². The molecule has 0 aliphatic rings. The molecule has 3 aromatic rings. The third-order valence-electron chi connectivity index (χ3n) is 3.11. The summed E-state index contributed by atoms with van der Waals surface area (Å²) >= 11 is 13.7. The molecule has 3 rings (SSSR count). The van der Waals surface area contributed by atoms with E-state index in [2.05, 4.69) is 4.98 Å². The van der Waals surface area contributed by atoms with Gasteiger partial charge in [-0.3, -0.25) is 9.36 Å². The van der Waals surface area contributed by atoms with Gasteiger partial charge in [0.1, 0.15) is 4.70 Å². The first-order valence-corrected chi connectivity index (χ1v) is 7.57. The van der Waals surface area contributed by atoms with Crippen LogP contribution in [0.5, 0.6) is 0 Å². The topological polar surface area (TPSA) is 34.9 Å². The van der Waals surface area contributed by atoms with Crippen molar-refractivity contribution in [2.24, 2.45) is 0 Å². The van der Waals surface area contributed by atoms with E-state index in [0.717, 1.165) is 16.6 Å². The minimum atomic E-state index is -0.0657. The summed E-state index contributed by atoms with van der Waals surface area (Å²) in [5.41, 5.74) is 2.45. The highest BCUT2D eigenvalue weighted by Gasteiger charge is 2.11. The molecule has 6 heteroatoms. The van der Waals surface area contributed by atoms with Gasteiger partial charge in [-0.25, -0.2) is 4.98 Å². The molecule has 0 aliphatic heterocycles. The van der Waals surface area contributed by atoms with E-state index in [0.29, 0.717) is 21.3 Å². The lowest BCUT2D eigenvalue weighted by molar-refractivity contribution is 0.750. The second-order valence-electron chi connectivity index (χ2n) is 4.47. The first kappa shape index (κ1) is 13.6. The second kappa shape index (κ2) is 5.20. The van der Waals surface area contributed by atoms with E-state index in [1.165, 1.54) is 15.9 Å². The van der Waals surface area contributed by atoms with Crippen molar-refractivity contribution < 1.29 is 0 Å². The van der Waals surface area contributed by atoms with Crippen molar-refractivity contribution in [2.45, 2.75) is 13.5 Å². The summed E-state index contributed by atoms with van der Waals surface area (Å²) in [5.74, 6) is 0. The first-order valence-electron chi connectivity index (χ1n) is 5.94. The van der Waals surface area contributed by atoms with E-state index in [4.69, 9.17) is 23.2 Å². The maximum absolute atomic E-state index is 12.4. The molecule has 0 fully saturated rings. The third-order valence-corrected chi connectivity index (χ3v) is 4.90. The summed E-state index contributed by atoms with van der Waals surface area (Å²) in [7, 11) is 0. The van der Waals surface area contributed by atoms with Crippen molar-refractivity contribution in [3.63, 3.8) is 0 Å². The van der Waals surface area contributed by atoms with Crippen molar-refractivity contribution in [3.8, 4) is 0 Å². The predicted molar refractivity (Wildman–Crippen MR) is 84.2 cm³/mol. The SMILES string of the molecule is Cc1csc2c(=O)n(Cc3c(Cl)cccc3Cl)cnc12.